The van der Waals surface area contributed by atoms with E-state index in [0.29, 0.717) is 22.2 Å². The lowest BCUT2D eigenvalue weighted by atomic mass is 10.2. The summed E-state index contributed by atoms with van der Waals surface area (Å²) in [6, 6.07) is 17.3. The number of halogens is 2. The van der Waals surface area contributed by atoms with Crippen molar-refractivity contribution in [2.45, 2.75) is 0 Å². The van der Waals surface area contributed by atoms with E-state index in [2.05, 4.69) is 20.2 Å². The summed E-state index contributed by atoms with van der Waals surface area (Å²) in [6.07, 6.45) is 6.92. The van der Waals surface area contributed by atoms with E-state index < -0.39 is 0 Å². The molecule has 0 radical (unpaired) electrons. The topological polar surface area (TPSA) is 61.4 Å². The molecule has 0 N–H and O–H groups in total. The summed E-state index contributed by atoms with van der Waals surface area (Å²) in [5.41, 5.74) is 2.89. The van der Waals surface area contributed by atoms with Gasteiger partial charge in [0.15, 0.2) is 11.6 Å². The fraction of sp³-hybridized carbons (Fsp3) is 0. The molecule has 0 fully saturated rings. The summed E-state index contributed by atoms with van der Waals surface area (Å²) in [5, 5.41) is 9.66. The third kappa shape index (κ3) is 3.46. The first-order valence-electron chi connectivity index (χ1n) is 9.12. The molecular weight excluding hydrogens is 403 g/mol. The van der Waals surface area contributed by atoms with Gasteiger partial charge in [0, 0.05) is 23.0 Å². The summed E-state index contributed by atoms with van der Waals surface area (Å²) in [6.45, 7) is 0. The Morgan fingerprint density at radius 1 is 0.867 bits per heavy atom. The first kappa shape index (κ1) is 18.2. The van der Waals surface area contributed by atoms with Crippen molar-refractivity contribution in [2.24, 2.45) is 0 Å². The zero-order valence-electron chi connectivity index (χ0n) is 15.5. The quantitative estimate of drug-likeness (QED) is 0.415. The Morgan fingerprint density at radius 3 is 2.53 bits per heavy atom. The zero-order chi connectivity index (χ0) is 20.5. The smallest absolute Gasteiger partial charge is 0.182 e. The lowest BCUT2D eigenvalue weighted by Gasteiger charge is -2.03. The van der Waals surface area contributed by atoms with Gasteiger partial charge in [0.2, 0.25) is 0 Å². The molecule has 146 valence electrons. The number of benzene rings is 2. The van der Waals surface area contributed by atoms with Gasteiger partial charge in [-0.1, -0.05) is 29.8 Å². The highest BCUT2D eigenvalue weighted by atomic mass is 35.5. The highest BCUT2D eigenvalue weighted by molar-refractivity contribution is 6.30. The van der Waals surface area contributed by atoms with Crippen molar-refractivity contribution in [3.05, 3.63) is 96.3 Å². The Hall–Kier alpha value is -3.84. The van der Waals surface area contributed by atoms with Crippen LogP contribution in [0.3, 0.4) is 0 Å². The number of rotatable bonds is 4. The number of nitrogens with zero attached hydrogens (tertiary/aromatic N) is 6. The number of hydrogen-bond donors (Lipinski definition) is 0. The molecule has 0 aliphatic carbocycles. The predicted molar refractivity (Wildman–Crippen MR) is 112 cm³/mol. The summed E-state index contributed by atoms with van der Waals surface area (Å²) >= 11 is 6.10. The van der Waals surface area contributed by atoms with Gasteiger partial charge in [0.1, 0.15) is 5.82 Å². The van der Waals surface area contributed by atoms with Crippen LogP contribution in [0.4, 0.5) is 4.39 Å². The van der Waals surface area contributed by atoms with Crippen molar-refractivity contribution in [1.82, 2.24) is 29.5 Å². The van der Waals surface area contributed by atoms with Gasteiger partial charge >= 0.3 is 0 Å². The maximum atomic E-state index is 13.7. The molecule has 5 rings (SSSR count). The van der Waals surface area contributed by atoms with Crippen LogP contribution in [0.5, 0.6) is 0 Å². The van der Waals surface area contributed by atoms with Crippen molar-refractivity contribution in [3.8, 4) is 34.2 Å². The molecule has 0 spiro atoms. The lowest BCUT2D eigenvalue weighted by Crippen LogP contribution is -1.99. The second kappa shape index (κ2) is 7.53. The number of aromatic nitrogens is 6. The minimum absolute atomic E-state index is 0.347. The Labute approximate surface area is 176 Å². The minimum atomic E-state index is -0.347. The molecule has 2 aromatic carbocycles. The molecule has 0 bridgehead atoms. The molecule has 0 saturated carbocycles. The van der Waals surface area contributed by atoms with E-state index in [-0.39, 0.29) is 5.82 Å². The molecule has 0 unspecified atom stereocenters. The average Bonchev–Trinajstić information content (AvgIpc) is 3.42. The van der Waals surface area contributed by atoms with E-state index >= 15 is 0 Å². The highest BCUT2D eigenvalue weighted by Crippen LogP contribution is 2.26. The number of hydrogen-bond acceptors (Lipinski definition) is 4. The molecule has 5 aromatic rings. The second-order valence-corrected chi connectivity index (χ2v) is 6.98. The average molecular weight is 417 g/mol. The van der Waals surface area contributed by atoms with Gasteiger partial charge in [-0.3, -0.25) is 4.98 Å². The molecule has 0 saturated heterocycles. The third-order valence-electron chi connectivity index (χ3n) is 4.49. The van der Waals surface area contributed by atoms with Gasteiger partial charge in [-0.2, -0.15) is 5.10 Å². The van der Waals surface area contributed by atoms with E-state index in [1.165, 1.54) is 12.1 Å². The molecule has 0 aliphatic rings. The maximum Gasteiger partial charge on any atom is 0.182 e. The largest absolute Gasteiger partial charge is 0.262 e. The lowest BCUT2D eigenvalue weighted by molar-refractivity contribution is 0.628. The van der Waals surface area contributed by atoms with Crippen molar-refractivity contribution in [1.29, 1.82) is 0 Å². The van der Waals surface area contributed by atoms with Gasteiger partial charge in [-0.15, -0.1) is 5.10 Å². The van der Waals surface area contributed by atoms with Crippen LogP contribution in [0.2, 0.25) is 5.02 Å². The Kier molecular flexibility index (Phi) is 4.57. The molecule has 3 aromatic heterocycles. The Balaban J connectivity index is 1.64. The van der Waals surface area contributed by atoms with Gasteiger partial charge in [0.25, 0.3) is 0 Å². The first-order chi connectivity index (χ1) is 14.7. The van der Waals surface area contributed by atoms with Crippen LogP contribution in [0.25, 0.3) is 34.2 Å². The van der Waals surface area contributed by atoms with Crippen molar-refractivity contribution in [2.75, 3.05) is 0 Å². The van der Waals surface area contributed by atoms with Crippen LogP contribution in [-0.2, 0) is 0 Å². The van der Waals surface area contributed by atoms with E-state index in [0.717, 1.165) is 16.9 Å². The van der Waals surface area contributed by atoms with Crippen LogP contribution in [0, 0.1) is 5.82 Å². The van der Waals surface area contributed by atoms with Crippen molar-refractivity contribution >= 4 is 11.6 Å². The summed E-state index contributed by atoms with van der Waals surface area (Å²) in [7, 11) is 0. The van der Waals surface area contributed by atoms with Crippen molar-refractivity contribution < 1.29 is 4.39 Å². The predicted octanol–water partition coefficient (Wildman–Crippen LogP) is 4.97. The van der Waals surface area contributed by atoms with E-state index in [4.69, 9.17) is 11.6 Å². The zero-order valence-corrected chi connectivity index (χ0v) is 16.3. The Bertz CT molecular complexity index is 1330. The summed E-state index contributed by atoms with van der Waals surface area (Å²) < 4.78 is 17.1. The standard InChI is InChI=1S/C22H14ClFN6/c23-17-5-2-7-19(11-17)29-14-16(12-26-29)22-27-21(15-4-1-6-18(24)10-15)28-30(22)20-8-3-9-25-13-20/h1-14H. The monoisotopic (exact) mass is 416 g/mol. The number of pyridine rings is 1. The Morgan fingerprint density at radius 2 is 1.73 bits per heavy atom. The van der Waals surface area contributed by atoms with Gasteiger partial charge in [-0.05, 0) is 42.5 Å². The fourth-order valence-corrected chi connectivity index (χ4v) is 3.29. The molecule has 0 amide bonds. The second-order valence-electron chi connectivity index (χ2n) is 6.55. The van der Waals surface area contributed by atoms with Gasteiger partial charge < -0.3 is 0 Å². The molecular formula is C22H14ClFN6. The van der Waals surface area contributed by atoms with E-state index in [1.54, 1.807) is 46.2 Å². The van der Waals surface area contributed by atoms with Gasteiger partial charge in [0.05, 0.1) is 29.3 Å². The highest BCUT2D eigenvalue weighted by Gasteiger charge is 2.17. The molecule has 3 heterocycles. The van der Waals surface area contributed by atoms with Crippen LogP contribution in [-0.4, -0.2) is 29.5 Å². The molecule has 30 heavy (non-hydrogen) atoms. The van der Waals surface area contributed by atoms with Gasteiger partial charge in [-0.25, -0.2) is 18.7 Å². The van der Waals surface area contributed by atoms with Crippen LogP contribution in [0.1, 0.15) is 0 Å². The van der Waals surface area contributed by atoms with E-state index in [9.17, 15) is 4.39 Å². The summed E-state index contributed by atoms with van der Waals surface area (Å²) in [4.78, 5) is 8.84. The summed E-state index contributed by atoms with van der Waals surface area (Å²) in [5.74, 6) is 0.625. The van der Waals surface area contributed by atoms with Crippen LogP contribution in [0.15, 0.2) is 85.5 Å². The maximum absolute atomic E-state index is 13.7. The minimum Gasteiger partial charge on any atom is -0.262 e. The van der Waals surface area contributed by atoms with Crippen LogP contribution >= 0.6 is 11.6 Å². The van der Waals surface area contributed by atoms with Crippen LogP contribution < -0.4 is 0 Å². The molecule has 6 nitrogen and oxygen atoms in total. The normalized spacial score (nSPS) is 11.0. The third-order valence-corrected chi connectivity index (χ3v) is 4.73. The fourth-order valence-electron chi connectivity index (χ4n) is 3.11. The first-order valence-corrected chi connectivity index (χ1v) is 9.49. The molecule has 0 atom stereocenters. The van der Waals surface area contributed by atoms with Crippen molar-refractivity contribution in [3.63, 3.8) is 0 Å². The van der Waals surface area contributed by atoms with E-state index in [1.807, 2.05) is 36.5 Å². The molecule has 0 aliphatic heterocycles. The SMILES string of the molecule is Fc1cccc(-c2nc(-c3cnn(-c4cccc(Cl)c4)c3)n(-c3cccnc3)n2)c1. The molecule has 8 heteroatoms.